The van der Waals surface area contributed by atoms with E-state index in [-0.39, 0.29) is 11.4 Å². The maximum atomic E-state index is 13.8. The topological polar surface area (TPSA) is 55.1 Å². The second kappa shape index (κ2) is 4.15. The van der Waals surface area contributed by atoms with Crippen molar-refractivity contribution in [2.45, 2.75) is 19.3 Å². The molecule has 1 N–H and O–H groups in total. The van der Waals surface area contributed by atoms with Gasteiger partial charge in [-0.05, 0) is 31.4 Å². The molecule has 6 heteroatoms. The number of benzene rings is 1. The predicted molar refractivity (Wildman–Crippen MR) is 62.5 cm³/mol. The number of carbonyl (C=O) groups is 1. The Bertz CT molecular complexity index is 659. The van der Waals surface area contributed by atoms with E-state index in [2.05, 4.69) is 5.10 Å². The molecule has 19 heavy (non-hydrogen) atoms. The Kier molecular flexibility index (Phi) is 2.58. The highest BCUT2D eigenvalue weighted by atomic mass is 19.1. The van der Waals surface area contributed by atoms with Crippen LogP contribution in [0.3, 0.4) is 0 Å². The molecule has 0 bridgehead atoms. The fourth-order valence-corrected chi connectivity index (χ4v) is 2.49. The zero-order chi connectivity index (χ0) is 13.6. The minimum atomic E-state index is -1.17. The average molecular weight is 264 g/mol. The summed E-state index contributed by atoms with van der Waals surface area (Å²) in [6.45, 7) is 0. The fraction of sp³-hybridized carbons (Fsp3) is 0.231. The van der Waals surface area contributed by atoms with Gasteiger partial charge in [-0.1, -0.05) is 6.07 Å². The molecule has 98 valence electrons. The van der Waals surface area contributed by atoms with Gasteiger partial charge in [-0.2, -0.15) is 5.10 Å². The Morgan fingerprint density at radius 2 is 1.95 bits per heavy atom. The Balaban J connectivity index is 2.27. The van der Waals surface area contributed by atoms with Gasteiger partial charge in [0, 0.05) is 11.3 Å². The number of aromatic carboxylic acids is 1. The Labute approximate surface area is 107 Å². The highest BCUT2D eigenvalue weighted by Crippen LogP contribution is 2.29. The molecular weight excluding hydrogens is 254 g/mol. The molecule has 0 aliphatic heterocycles. The third-order valence-electron chi connectivity index (χ3n) is 3.28. The second-order valence-electron chi connectivity index (χ2n) is 4.41. The minimum Gasteiger partial charge on any atom is -0.476 e. The Morgan fingerprint density at radius 1 is 1.26 bits per heavy atom. The van der Waals surface area contributed by atoms with Crippen LogP contribution in [-0.4, -0.2) is 20.9 Å². The van der Waals surface area contributed by atoms with Gasteiger partial charge in [-0.25, -0.2) is 18.3 Å². The molecule has 1 aliphatic rings. The first-order valence-corrected chi connectivity index (χ1v) is 5.88. The third-order valence-corrected chi connectivity index (χ3v) is 3.28. The lowest BCUT2D eigenvalue weighted by atomic mass is 10.2. The third kappa shape index (κ3) is 1.71. The van der Waals surface area contributed by atoms with Crippen LogP contribution in [0.1, 0.15) is 28.2 Å². The molecule has 3 rings (SSSR count). The van der Waals surface area contributed by atoms with Crippen LogP contribution in [0.4, 0.5) is 8.78 Å². The van der Waals surface area contributed by atoms with Crippen molar-refractivity contribution in [2.75, 3.05) is 0 Å². The summed E-state index contributed by atoms with van der Waals surface area (Å²) in [6.07, 6.45) is 1.92. The van der Waals surface area contributed by atoms with E-state index in [1.54, 1.807) is 0 Å². The lowest BCUT2D eigenvalue weighted by Gasteiger charge is -2.07. The van der Waals surface area contributed by atoms with Crippen molar-refractivity contribution in [3.8, 4) is 5.69 Å². The number of nitrogens with zero attached hydrogens (tertiary/aromatic N) is 2. The summed E-state index contributed by atoms with van der Waals surface area (Å²) in [5.74, 6) is -2.68. The second-order valence-corrected chi connectivity index (χ2v) is 4.41. The first-order valence-electron chi connectivity index (χ1n) is 5.88. The lowest BCUT2D eigenvalue weighted by Crippen LogP contribution is -2.08. The molecule has 1 aromatic heterocycles. The van der Waals surface area contributed by atoms with Gasteiger partial charge in [0.15, 0.2) is 17.3 Å². The fourth-order valence-electron chi connectivity index (χ4n) is 2.49. The van der Waals surface area contributed by atoms with Crippen LogP contribution >= 0.6 is 0 Å². The van der Waals surface area contributed by atoms with Crippen LogP contribution in [0, 0.1) is 11.6 Å². The van der Waals surface area contributed by atoms with Crippen LogP contribution in [0.2, 0.25) is 0 Å². The summed E-state index contributed by atoms with van der Waals surface area (Å²) < 4.78 is 28.6. The first kappa shape index (κ1) is 11.8. The van der Waals surface area contributed by atoms with Crippen LogP contribution in [0.15, 0.2) is 18.2 Å². The van der Waals surface area contributed by atoms with Crippen molar-refractivity contribution in [3.63, 3.8) is 0 Å². The maximum absolute atomic E-state index is 13.8. The van der Waals surface area contributed by atoms with Crippen LogP contribution in [0.5, 0.6) is 0 Å². The van der Waals surface area contributed by atoms with E-state index in [9.17, 15) is 13.6 Å². The zero-order valence-electron chi connectivity index (χ0n) is 9.86. The van der Waals surface area contributed by atoms with E-state index in [0.29, 0.717) is 24.1 Å². The first-order chi connectivity index (χ1) is 9.09. The van der Waals surface area contributed by atoms with Crippen molar-refractivity contribution in [3.05, 3.63) is 46.8 Å². The van der Waals surface area contributed by atoms with E-state index < -0.39 is 17.6 Å². The molecule has 0 fully saturated rings. The Hall–Kier alpha value is -2.24. The molecule has 0 spiro atoms. The number of hydrogen-bond donors (Lipinski definition) is 1. The Morgan fingerprint density at radius 3 is 2.58 bits per heavy atom. The van der Waals surface area contributed by atoms with Gasteiger partial charge in [0.2, 0.25) is 0 Å². The van der Waals surface area contributed by atoms with E-state index in [1.807, 2.05) is 0 Å². The highest BCUT2D eigenvalue weighted by Gasteiger charge is 2.28. The molecule has 0 radical (unpaired) electrons. The quantitative estimate of drug-likeness (QED) is 0.905. The molecule has 4 nitrogen and oxygen atoms in total. The van der Waals surface area contributed by atoms with E-state index in [1.165, 1.54) is 6.07 Å². The van der Waals surface area contributed by atoms with Crippen molar-refractivity contribution >= 4 is 5.97 Å². The van der Waals surface area contributed by atoms with Gasteiger partial charge < -0.3 is 5.11 Å². The smallest absolute Gasteiger partial charge is 0.356 e. The molecule has 1 aromatic carbocycles. The summed E-state index contributed by atoms with van der Waals surface area (Å²) in [5.41, 5.74) is 0.736. The number of carboxylic acids is 1. The van der Waals surface area contributed by atoms with Gasteiger partial charge in [0.05, 0.1) is 0 Å². The van der Waals surface area contributed by atoms with Gasteiger partial charge in [-0.3, -0.25) is 0 Å². The van der Waals surface area contributed by atoms with Crippen molar-refractivity contribution < 1.29 is 18.7 Å². The standard InChI is InChI=1S/C13H10F2N2O2/c14-8-4-2-5-9(15)12(8)17-10-6-1-3-7(10)11(16-17)13(18)19/h2,4-5H,1,3,6H2,(H,18,19). The van der Waals surface area contributed by atoms with E-state index in [0.717, 1.165) is 23.2 Å². The largest absolute Gasteiger partial charge is 0.476 e. The zero-order valence-corrected chi connectivity index (χ0v) is 9.86. The number of rotatable bonds is 2. The monoisotopic (exact) mass is 264 g/mol. The summed E-state index contributed by atoms with van der Waals surface area (Å²) >= 11 is 0. The summed E-state index contributed by atoms with van der Waals surface area (Å²) in [6, 6.07) is 3.51. The summed E-state index contributed by atoms with van der Waals surface area (Å²) in [4.78, 5) is 11.1. The lowest BCUT2D eigenvalue weighted by molar-refractivity contribution is 0.0688. The predicted octanol–water partition coefficient (Wildman–Crippen LogP) is 2.34. The molecule has 0 atom stereocenters. The van der Waals surface area contributed by atoms with Crippen molar-refractivity contribution in [1.82, 2.24) is 9.78 Å². The van der Waals surface area contributed by atoms with Gasteiger partial charge in [-0.15, -0.1) is 0 Å². The minimum absolute atomic E-state index is 0.116. The van der Waals surface area contributed by atoms with E-state index >= 15 is 0 Å². The van der Waals surface area contributed by atoms with Gasteiger partial charge in [0.1, 0.15) is 5.69 Å². The van der Waals surface area contributed by atoms with Crippen LogP contribution in [0.25, 0.3) is 5.69 Å². The number of halogens is 2. The number of fused-ring (bicyclic) bond motifs is 1. The van der Waals surface area contributed by atoms with Crippen LogP contribution in [-0.2, 0) is 12.8 Å². The summed E-state index contributed by atoms with van der Waals surface area (Å²) in [7, 11) is 0. The average Bonchev–Trinajstić information content (AvgIpc) is 2.91. The molecule has 2 aromatic rings. The van der Waals surface area contributed by atoms with Gasteiger partial charge in [0.25, 0.3) is 0 Å². The van der Waals surface area contributed by atoms with Crippen LogP contribution < -0.4 is 0 Å². The number of para-hydroxylation sites is 1. The molecule has 1 aliphatic carbocycles. The molecule has 0 saturated carbocycles. The molecular formula is C13H10F2N2O2. The van der Waals surface area contributed by atoms with Crippen molar-refractivity contribution in [2.24, 2.45) is 0 Å². The highest BCUT2D eigenvalue weighted by molar-refractivity contribution is 5.87. The summed E-state index contributed by atoms with van der Waals surface area (Å²) in [5, 5.41) is 12.9. The molecule has 0 unspecified atom stereocenters. The maximum Gasteiger partial charge on any atom is 0.356 e. The normalized spacial score (nSPS) is 13.6. The number of carboxylic acid groups (broad SMARTS) is 1. The van der Waals surface area contributed by atoms with Gasteiger partial charge >= 0.3 is 5.97 Å². The van der Waals surface area contributed by atoms with E-state index in [4.69, 9.17) is 5.11 Å². The SMILES string of the molecule is O=C(O)c1nn(-c2c(F)cccc2F)c2c1CCC2. The molecule has 1 heterocycles. The molecule has 0 amide bonds. The molecule has 0 saturated heterocycles. The number of hydrogen-bond acceptors (Lipinski definition) is 2. The number of aromatic nitrogens is 2. The van der Waals surface area contributed by atoms with Crippen molar-refractivity contribution in [1.29, 1.82) is 0 Å².